The molecule has 5 rings (SSSR count). The number of methoxy groups -OCH3 is 1. The Labute approximate surface area is 220 Å². The number of fused-ring (bicyclic) bond motifs is 1. The first kappa shape index (κ1) is 25.2. The molecule has 0 fully saturated rings. The van der Waals surface area contributed by atoms with Crippen molar-refractivity contribution >= 4 is 33.2 Å². The Morgan fingerprint density at radius 3 is 2.74 bits per heavy atom. The van der Waals surface area contributed by atoms with Gasteiger partial charge in [-0.1, -0.05) is 12.1 Å². The number of anilines is 1. The summed E-state index contributed by atoms with van der Waals surface area (Å²) in [6, 6.07) is 10.6. The van der Waals surface area contributed by atoms with Crippen molar-refractivity contribution < 1.29 is 19.0 Å². The van der Waals surface area contributed by atoms with E-state index in [1.165, 1.54) is 28.0 Å². The number of ether oxygens (including phenoxy) is 1. The minimum Gasteiger partial charge on any atom is -0.494 e. The van der Waals surface area contributed by atoms with Crippen molar-refractivity contribution in [3.05, 3.63) is 87.0 Å². The molecule has 0 saturated carbocycles. The number of halogens is 1. The summed E-state index contributed by atoms with van der Waals surface area (Å²) in [6.07, 6.45) is 3.42. The van der Waals surface area contributed by atoms with Crippen LogP contribution in [0.3, 0.4) is 0 Å². The predicted octanol–water partition coefficient (Wildman–Crippen LogP) is 5.18. The Hall–Kier alpha value is -4.51. The summed E-state index contributed by atoms with van der Waals surface area (Å²) in [5.41, 5.74) is 2.56. The third-order valence-corrected chi connectivity index (χ3v) is 7.43. The average molecular weight is 534 g/mol. The molecule has 11 heteroatoms. The predicted molar refractivity (Wildman–Crippen MR) is 144 cm³/mol. The number of nitrogens with zero attached hydrogens (tertiary/aromatic N) is 4. The van der Waals surface area contributed by atoms with Crippen LogP contribution in [0.15, 0.2) is 59.7 Å². The zero-order valence-electron chi connectivity index (χ0n) is 21.0. The van der Waals surface area contributed by atoms with E-state index in [4.69, 9.17) is 9.72 Å². The number of aromatic nitrogens is 4. The van der Waals surface area contributed by atoms with Crippen molar-refractivity contribution in [2.75, 3.05) is 12.4 Å². The molecule has 2 N–H and O–H groups in total. The largest absolute Gasteiger partial charge is 0.494 e. The number of carboxylic acids is 1. The van der Waals surface area contributed by atoms with E-state index in [2.05, 4.69) is 10.4 Å². The van der Waals surface area contributed by atoms with Crippen molar-refractivity contribution in [2.45, 2.75) is 19.9 Å². The van der Waals surface area contributed by atoms with E-state index >= 15 is 0 Å². The third-order valence-electron chi connectivity index (χ3n) is 6.33. The summed E-state index contributed by atoms with van der Waals surface area (Å²) in [5, 5.41) is 17.2. The van der Waals surface area contributed by atoms with Gasteiger partial charge in [-0.3, -0.25) is 9.36 Å². The Balaban J connectivity index is 1.60. The quantitative estimate of drug-likeness (QED) is 0.297. The second kappa shape index (κ2) is 9.75. The fourth-order valence-corrected chi connectivity index (χ4v) is 5.68. The first-order valence-corrected chi connectivity index (χ1v) is 12.5. The molecule has 0 spiro atoms. The van der Waals surface area contributed by atoms with Crippen molar-refractivity contribution in [1.29, 1.82) is 0 Å². The van der Waals surface area contributed by atoms with Gasteiger partial charge in [-0.2, -0.15) is 5.10 Å². The maximum atomic E-state index is 13.7. The molecule has 0 aliphatic carbocycles. The number of para-hydroxylation sites is 2. The lowest BCUT2D eigenvalue weighted by atomic mass is 10.1. The lowest BCUT2D eigenvalue weighted by Crippen LogP contribution is -2.20. The minimum atomic E-state index is -1.24. The van der Waals surface area contributed by atoms with Crippen LogP contribution in [0, 0.1) is 12.7 Å². The number of carboxylic acid groups (broad SMARTS) is 1. The van der Waals surface area contributed by atoms with Gasteiger partial charge in [0, 0.05) is 29.4 Å². The molecule has 0 aliphatic heterocycles. The number of hydrogen-bond acceptors (Lipinski definition) is 7. The SMILES string of the molecule is COc1ccccc1-n1cc(-c2nc3c(C(C)Nc4ccc(F)cc4C(=O)O)c(C)sc3c(=O)n2C)cn1. The van der Waals surface area contributed by atoms with Gasteiger partial charge < -0.3 is 15.2 Å². The molecule has 3 aromatic heterocycles. The lowest BCUT2D eigenvalue weighted by molar-refractivity contribution is 0.0697. The van der Waals surface area contributed by atoms with Gasteiger partial charge in [0.05, 0.1) is 36.0 Å². The van der Waals surface area contributed by atoms with Crippen molar-refractivity contribution in [2.24, 2.45) is 7.05 Å². The van der Waals surface area contributed by atoms with E-state index in [1.54, 1.807) is 31.2 Å². The van der Waals surface area contributed by atoms with Crippen LogP contribution >= 0.6 is 11.3 Å². The second-order valence-electron chi connectivity index (χ2n) is 8.76. The van der Waals surface area contributed by atoms with Gasteiger partial charge >= 0.3 is 5.97 Å². The fourth-order valence-electron chi connectivity index (χ4n) is 4.51. The second-order valence-corrected chi connectivity index (χ2v) is 9.98. The van der Waals surface area contributed by atoms with Crippen LogP contribution in [0.4, 0.5) is 10.1 Å². The van der Waals surface area contributed by atoms with Crippen LogP contribution in [-0.2, 0) is 7.05 Å². The van der Waals surface area contributed by atoms with E-state index in [-0.39, 0.29) is 16.8 Å². The summed E-state index contributed by atoms with van der Waals surface area (Å²) in [6.45, 7) is 3.74. The number of nitrogens with one attached hydrogen (secondary N) is 1. The highest BCUT2D eigenvalue weighted by Gasteiger charge is 2.23. The number of aryl methyl sites for hydroxylation is 1. The number of benzene rings is 2. The monoisotopic (exact) mass is 533 g/mol. The van der Waals surface area contributed by atoms with Crippen LogP contribution in [0.1, 0.15) is 33.8 Å². The van der Waals surface area contributed by atoms with E-state index in [9.17, 15) is 19.1 Å². The van der Waals surface area contributed by atoms with Gasteiger partial charge in [-0.25, -0.2) is 18.9 Å². The van der Waals surface area contributed by atoms with Crippen LogP contribution in [0.25, 0.3) is 27.3 Å². The molecule has 0 bridgehead atoms. The van der Waals surface area contributed by atoms with Crippen molar-refractivity contribution in [3.8, 4) is 22.8 Å². The molecule has 0 radical (unpaired) electrons. The molecule has 5 aromatic rings. The first-order valence-electron chi connectivity index (χ1n) is 11.7. The summed E-state index contributed by atoms with van der Waals surface area (Å²) in [5.74, 6) is -0.798. The molecule has 38 heavy (non-hydrogen) atoms. The van der Waals surface area contributed by atoms with Gasteiger partial charge in [0.15, 0.2) is 0 Å². The van der Waals surface area contributed by atoms with Crippen LogP contribution in [0.2, 0.25) is 0 Å². The van der Waals surface area contributed by atoms with Crippen molar-refractivity contribution in [1.82, 2.24) is 19.3 Å². The fraction of sp³-hybridized carbons (Fsp3) is 0.185. The molecular formula is C27H24FN5O4S. The summed E-state index contributed by atoms with van der Waals surface area (Å²) >= 11 is 1.33. The standard InChI is InChI=1S/C27H24FN5O4S/c1-14(30-19-10-9-17(28)11-18(19)27(35)36)22-15(2)38-24-23(22)31-25(32(3)26(24)34)16-12-29-33(13-16)20-7-5-6-8-21(20)37-4/h5-14,30H,1-4H3,(H,35,36). The minimum absolute atomic E-state index is 0.178. The Bertz CT molecular complexity index is 1760. The molecule has 1 unspecified atom stereocenters. The number of carbonyl (C=O) groups is 1. The summed E-state index contributed by atoms with van der Waals surface area (Å²) < 4.78 is 22.8. The van der Waals surface area contributed by atoms with Gasteiger partial charge in [-0.05, 0) is 44.2 Å². The molecular weight excluding hydrogens is 509 g/mol. The maximum Gasteiger partial charge on any atom is 0.337 e. The highest BCUT2D eigenvalue weighted by molar-refractivity contribution is 7.19. The van der Waals surface area contributed by atoms with E-state index in [1.807, 2.05) is 38.1 Å². The molecule has 0 saturated heterocycles. The topological polar surface area (TPSA) is 111 Å². The van der Waals surface area contributed by atoms with E-state index in [0.29, 0.717) is 27.4 Å². The molecule has 2 aromatic carbocycles. The van der Waals surface area contributed by atoms with E-state index in [0.717, 1.165) is 22.2 Å². The molecule has 9 nitrogen and oxygen atoms in total. The van der Waals surface area contributed by atoms with Crippen LogP contribution in [-0.4, -0.2) is 37.5 Å². The van der Waals surface area contributed by atoms with E-state index < -0.39 is 17.8 Å². The first-order chi connectivity index (χ1) is 18.2. The maximum absolute atomic E-state index is 13.7. The van der Waals surface area contributed by atoms with Crippen molar-refractivity contribution in [3.63, 3.8) is 0 Å². The zero-order chi connectivity index (χ0) is 27.1. The summed E-state index contributed by atoms with van der Waals surface area (Å²) in [7, 11) is 3.25. The highest BCUT2D eigenvalue weighted by atomic mass is 32.1. The number of rotatable bonds is 7. The number of hydrogen-bond donors (Lipinski definition) is 2. The van der Waals surface area contributed by atoms with Crippen LogP contribution < -0.4 is 15.6 Å². The molecule has 3 heterocycles. The third kappa shape index (κ3) is 4.30. The summed E-state index contributed by atoms with van der Waals surface area (Å²) in [4.78, 5) is 30.8. The Morgan fingerprint density at radius 1 is 1.24 bits per heavy atom. The number of thiophene rings is 1. The molecule has 1 atom stereocenters. The molecule has 0 aliphatic rings. The van der Waals surface area contributed by atoms with Gasteiger partial charge in [0.2, 0.25) is 0 Å². The van der Waals surface area contributed by atoms with Crippen LogP contribution in [0.5, 0.6) is 5.75 Å². The Morgan fingerprint density at radius 2 is 2.00 bits per heavy atom. The molecule has 0 amide bonds. The highest BCUT2D eigenvalue weighted by Crippen LogP contribution is 2.35. The van der Waals surface area contributed by atoms with Gasteiger partial charge in [0.25, 0.3) is 5.56 Å². The van der Waals surface area contributed by atoms with Gasteiger partial charge in [0.1, 0.15) is 27.8 Å². The smallest absolute Gasteiger partial charge is 0.337 e. The zero-order valence-corrected chi connectivity index (χ0v) is 21.8. The Kier molecular flexibility index (Phi) is 6.45. The average Bonchev–Trinajstić information content (AvgIpc) is 3.51. The normalized spacial score (nSPS) is 12.0. The molecule has 194 valence electrons. The lowest BCUT2D eigenvalue weighted by Gasteiger charge is -2.18. The number of aromatic carboxylic acids is 1. The van der Waals surface area contributed by atoms with Gasteiger partial charge in [-0.15, -0.1) is 11.3 Å².